The second-order valence-corrected chi connectivity index (χ2v) is 3.12. The van der Waals surface area contributed by atoms with Crippen LogP contribution in [0, 0.1) is 0 Å². The summed E-state index contributed by atoms with van der Waals surface area (Å²) in [6.45, 7) is 0. The van der Waals surface area contributed by atoms with Crippen LogP contribution in [0.1, 0.15) is 0 Å². The first-order valence-corrected chi connectivity index (χ1v) is 4.38. The van der Waals surface area contributed by atoms with Gasteiger partial charge >= 0.3 is 12.1 Å². The number of alkyl halides is 3. The number of fused-ring (bicyclic) bond motifs is 1. The lowest BCUT2D eigenvalue weighted by Gasteiger charge is -2.07. The Morgan fingerprint density at radius 3 is 2.71 bits per heavy atom. The van der Waals surface area contributed by atoms with Crippen LogP contribution in [-0.2, 0) is 4.79 Å². The summed E-state index contributed by atoms with van der Waals surface area (Å²) in [6.07, 6.45) is -2.79. The van der Waals surface area contributed by atoms with Crippen LogP contribution < -0.4 is 10.4 Å². The van der Waals surface area contributed by atoms with Gasteiger partial charge in [0.1, 0.15) is 0 Å². The van der Waals surface area contributed by atoms with Crippen LogP contribution in [0.3, 0.4) is 0 Å². The maximum Gasteiger partial charge on any atom is 0.493 e. The van der Waals surface area contributed by atoms with E-state index in [4.69, 9.17) is 0 Å². The molecule has 0 fully saturated rings. The highest BCUT2D eigenvalue weighted by atomic mass is 19.4. The van der Waals surface area contributed by atoms with Crippen molar-refractivity contribution in [1.82, 2.24) is 9.71 Å². The number of nitrogens with one attached hydrogen (secondary N) is 1. The molecule has 2 heterocycles. The summed E-state index contributed by atoms with van der Waals surface area (Å²) in [5.74, 6) is -2.35. The van der Waals surface area contributed by atoms with Crippen molar-refractivity contribution in [2.45, 2.75) is 6.18 Å². The predicted octanol–water partition coefficient (Wildman–Crippen LogP) is 0.847. The SMILES string of the molecule is O=C(On1ccc2c(=O)[nH]ccc21)C(F)(F)F. The number of carbonyl (C=O) groups is 1. The lowest BCUT2D eigenvalue weighted by molar-refractivity contribution is -0.199. The number of hydrogen-bond donors (Lipinski definition) is 1. The number of pyridine rings is 1. The van der Waals surface area contributed by atoms with Gasteiger partial charge < -0.3 is 9.82 Å². The van der Waals surface area contributed by atoms with Crippen molar-refractivity contribution in [1.29, 1.82) is 0 Å². The van der Waals surface area contributed by atoms with E-state index in [2.05, 4.69) is 9.82 Å². The van der Waals surface area contributed by atoms with Gasteiger partial charge in [-0.25, -0.2) is 4.79 Å². The molecular weight excluding hydrogens is 241 g/mol. The Morgan fingerprint density at radius 1 is 1.35 bits per heavy atom. The molecule has 0 spiro atoms. The number of hydrogen-bond acceptors (Lipinski definition) is 3. The predicted molar refractivity (Wildman–Crippen MR) is 50.2 cm³/mol. The molecule has 5 nitrogen and oxygen atoms in total. The minimum atomic E-state index is -5.09. The Kier molecular flexibility index (Phi) is 2.41. The van der Waals surface area contributed by atoms with Crippen LogP contribution in [0.2, 0.25) is 0 Å². The third-order valence-corrected chi connectivity index (χ3v) is 2.00. The minimum absolute atomic E-state index is 0.0753. The molecule has 0 saturated carbocycles. The molecule has 0 bridgehead atoms. The molecule has 0 saturated heterocycles. The summed E-state index contributed by atoms with van der Waals surface area (Å²) in [6, 6.07) is 2.57. The average molecular weight is 246 g/mol. The molecule has 0 aliphatic rings. The standard InChI is InChI=1S/C9H5F3N2O3/c10-9(11,12)8(16)17-14-4-2-5-6(14)1-3-13-7(5)15/h1-4H,(H,13,15). The molecule has 0 aliphatic carbocycles. The summed E-state index contributed by atoms with van der Waals surface area (Å²) in [5.41, 5.74) is -0.407. The lowest BCUT2D eigenvalue weighted by Crippen LogP contribution is -2.32. The van der Waals surface area contributed by atoms with Crippen molar-refractivity contribution in [3.63, 3.8) is 0 Å². The molecule has 0 atom stereocenters. The first-order valence-electron chi connectivity index (χ1n) is 4.38. The van der Waals surface area contributed by atoms with Gasteiger partial charge in [-0.1, -0.05) is 0 Å². The van der Waals surface area contributed by atoms with Crippen molar-refractivity contribution < 1.29 is 22.8 Å². The zero-order valence-corrected chi connectivity index (χ0v) is 8.12. The van der Waals surface area contributed by atoms with Gasteiger partial charge in [0.25, 0.3) is 5.56 Å². The fraction of sp³-hybridized carbons (Fsp3) is 0.111. The van der Waals surface area contributed by atoms with Crippen LogP contribution >= 0.6 is 0 Å². The van der Waals surface area contributed by atoms with Crippen LogP contribution in [0.15, 0.2) is 29.3 Å². The Hall–Kier alpha value is -2.25. The van der Waals surface area contributed by atoms with Crippen molar-refractivity contribution in [2.75, 3.05) is 0 Å². The molecule has 0 radical (unpaired) electrons. The number of aromatic amines is 1. The number of nitrogens with zero attached hydrogens (tertiary/aromatic N) is 1. The molecule has 2 aromatic heterocycles. The van der Waals surface area contributed by atoms with E-state index in [1.807, 2.05) is 0 Å². The fourth-order valence-electron chi connectivity index (χ4n) is 1.28. The minimum Gasteiger partial charge on any atom is -0.328 e. The molecule has 17 heavy (non-hydrogen) atoms. The van der Waals surface area contributed by atoms with Crippen molar-refractivity contribution in [3.05, 3.63) is 34.9 Å². The molecule has 0 aromatic carbocycles. The fourth-order valence-corrected chi connectivity index (χ4v) is 1.28. The van der Waals surface area contributed by atoms with E-state index in [0.717, 1.165) is 6.20 Å². The second kappa shape index (κ2) is 3.65. The van der Waals surface area contributed by atoms with Gasteiger partial charge in [-0.3, -0.25) is 4.79 Å². The molecule has 0 amide bonds. The maximum absolute atomic E-state index is 12.0. The van der Waals surface area contributed by atoms with E-state index < -0.39 is 17.7 Å². The zero-order valence-electron chi connectivity index (χ0n) is 8.12. The van der Waals surface area contributed by atoms with Crippen molar-refractivity contribution in [2.24, 2.45) is 0 Å². The second-order valence-electron chi connectivity index (χ2n) is 3.12. The van der Waals surface area contributed by atoms with Gasteiger partial charge in [0, 0.05) is 12.4 Å². The van der Waals surface area contributed by atoms with Gasteiger partial charge in [-0.2, -0.15) is 17.9 Å². The van der Waals surface area contributed by atoms with E-state index in [1.54, 1.807) is 0 Å². The van der Waals surface area contributed by atoms with E-state index in [9.17, 15) is 22.8 Å². The largest absolute Gasteiger partial charge is 0.493 e. The van der Waals surface area contributed by atoms with Gasteiger partial charge in [0.15, 0.2) is 0 Å². The lowest BCUT2D eigenvalue weighted by atomic mass is 10.3. The zero-order chi connectivity index (χ0) is 12.6. The summed E-state index contributed by atoms with van der Waals surface area (Å²) >= 11 is 0. The molecular formula is C9H5F3N2O3. The normalized spacial score (nSPS) is 11.7. The highest BCUT2D eigenvalue weighted by molar-refractivity contribution is 5.81. The third kappa shape index (κ3) is 2.01. The molecule has 0 unspecified atom stereocenters. The summed E-state index contributed by atoms with van der Waals surface area (Å²) in [4.78, 5) is 28.3. The van der Waals surface area contributed by atoms with Crippen LogP contribution in [0.25, 0.3) is 10.9 Å². The summed E-state index contributed by atoms with van der Waals surface area (Å²) in [7, 11) is 0. The summed E-state index contributed by atoms with van der Waals surface area (Å²) < 4.78 is 36.5. The number of rotatable bonds is 1. The molecule has 0 aliphatic heterocycles. The van der Waals surface area contributed by atoms with Crippen molar-refractivity contribution in [3.8, 4) is 0 Å². The van der Waals surface area contributed by atoms with E-state index in [1.165, 1.54) is 18.3 Å². The smallest absolute Gasteiger partial charge is 0.328 e. The quantitative estimate of drug-likeness (QED) is 0.811. The Bertz CT molecular complexity index is 626. The van der Waals surface area contributed by atoms with Gasteiger partial charge in [-0.05, 0) is 12.1 Å². The molecule has 90 valence electrons. The highest BCUT2D eigenvalue weighted by Gasteiger charge is 2.42. The molecule has 2 rings (SSSR count). The van der Waals surface area contributed by atoms with Crippen LogP contribution in [-0.4, -0.2) is 21.9 Å². The van der Waals surface area contributed by atoms with E-state index in [-0.39, 0.29) is 10.9 Å². The number of carbonyl (C=O) groups excluding carboxylic acids is 1. The topological polar surface area (TPSA) is 64.1 Å². The maximum atomic E-state index is 12.0. The van der Waals surface area contributed by atoms with E-state index in [0.29, 0.717) is 4.73 Å². The Labute approximate surface area is 91.4 Å². The summed E-state index contributed by atoms with van der Waals surface area (Å²) in [5, 5.41) is 0.127. The average Bonchev–Trinajstić information content (AvgIpc) is 2.62. The first-order chi connectivity index (χ1) is 7.89. The highest BCUT2D eigenvalue weighted by Crippen LogP contribution is 2.16. The van der Waals surface area contributed by atoms with E-state index >= 15 is 0 Å². The Morgan fingerprint density at radius 2 is 2.06 bits per heavy atom. The monoisotopic (exact) mass is 246 g/mol. The number of halogens is 3. The molecule has 8 heteroatoms. The van der Waals surface area contributed by atoms with Gasteiger partial charge in [-0.15, -0.1) is 0 Å². The van der Waals surface area contributed by atoms with Crippen LogP contribution in [0.4, 0.5) is 13.2 Å². The molecule has 2 aromatic rings. The Balaban J connectivity index is 2.42. The van der Waals surface area contributed by atoms with Gasteiger partial charge in [0.05, 0.1) is 10.9 Å². The number of aromatic nitrogens is 2. The first kappa shape index (κ1) is 11.2. The van der Waals surface area contributed by atoms with Gasteiger partial charge in [0.2, 0.25) is 0 Å². The molecule has 1 N–H and O–H groups in total. The van der Waals surface area contributed by atoms with Crippen LogP contribution in [0.5, 0.6) is 0 Å². The third-order valence-electron chi connectivity index (χ3n) is 2.00. The van der Waals surface area contributed by atoms with Crippen molar-refractivity contribution >= 4 is 16.9 Å². The number of H-pyrrole nitrogens is 1.